The van der Waals surface area contributed by atoms with Crippen molar-refractivity contribution in [2.24, 2.45) is 5.73 Å². The molecule has 1 fully saturated rings. The highest BCUT2D eigenvalue weighted by molar-refractivity contribution is 4.97. The summed E-state index contributed by atoms with van der Waals surface area (Å²) in [4.78, 5) is 2.42. The first-order valence-electron chi connectivity index (χ1n) is 4.76. The van der Waals surface area contributed by atoms with Gasteiger partial charge in [-0.25, -0.2) is 0 Å². The lowest BCUT2D eigenvalue weighted by Gasteiger charge is -2.48. The van der Waals surface area contributed by atoms with E-state index in [1.54, 1.807) is 0 Å². The number of hydrogen-bond acceptors (Lipinski definition) is 3. The highest BCUT2D eigenvalue weighted by Gasteiger charge is 2.36. The van der Waals surface area contributed by atoms with E-state index in [1.807, 2.05) is 0 Å². The SMILES string of the molecule is CC1NCCN(C)C1(C)CCN. The highest BCUT2D eigenvalue weighted by Crippen LogP contribution is 2.23. The van der Waals surface area contributed by atoms with Gasteiger partial charge in [0.15, 0.2) is 0 Å². The molecular formula is C9H21N3. The van der Waals surface area contributed by atoms with Gasteiger partial charge >= 0.3 is 0 Å². The van der Waals surface area contributed by atoms with Crippen LogP contribution in [-0.2, 0) is 0 Å². The van der Waals surface area contributed by atoms with Gasteiger partial charge in [-0.1, -0.05) is 0 Å². The van der Waals surface area contributed by atoms with Crippen LogP contribution >= 0.6 is 0 Å². The summed E-state index contributed by atoms with van der Waals surface area (Å²) in [5.41, 5.74) is 5.86. The molecule has 2 atom stereocenters. The standard InChI is InChI=1S/C9H21N3/c1-8-9(2,4-5-10)12(3)7-6-11-8/h8,11H,4-7,10H2,1-3H3. The zero-order chi connectivity index (χ0) is 9.19. The number of hydrogen-bond donors (Lipinski definition) is 2. The average Bonchev–Trinajstić information content (AvgIpc) is 2.02. The van der Waals surface area contributed by atoms with Crippen molar-refractivity contribution in [2.45, 2.75) is 31.8 Å². The van der Waals surface area contributed by atoms with Gasteiger partial charge in [-0.2, -0.15) is 0 Å². The summed E-state index contributed by atoms with van der Waals surface area (Å²) in [6, 6.07) is 0.541. The van der Waals surface area contributed by atoms with Gasteiger partial charge < -0.3 is 11.1 Å². The van der Waals surface area contributed by atoms with Crippen LogP contribution in [0.1, 0.15) is 20.3 Å². The molecule has 0 bridgehead atoms. The molecule has 0 aliphatic carbocycles. The predicted molar refractivity (Wildman–Crippen MR) is 52.2 cm³/mol. The Morgan fingerprint density at radius 2 is 2.33 bits per heavy atom. The maximum Gasteiger partial charge on any atom is 0.0341 e. The van der Waals surface area contributed by atoms with Crippen molar-refractivity contribution in [3.8, 4) is 0 Å². The van der Waals surface area contributed by atoms with Crippen LogP contribution in [0.5, 0.6) is 0 Å². The lowest BCUT2D eigenvalue weighted by atomic mass is 9.86. The molecule has 0 aromatic heterocycles. The van der Waals surface area contributed by atoms with E-state index in [0.717, 1.165) is 26.1 Å². The number of rotatable bonds is 2. The van der Waals surface area contributed by atoms with Crippen LogP contribution in [0.15, 0.2) is 0 Å². The normalized spacial score (nSPS) is 38.5. The average molecular weight is 171 g/mol. The van der Waals surface area contributed by atoms with Gasteiger partial charge in [0.2, 0.25) is 0 Å². The van der Waals surface area contributed by atoms with E-state index in [1.165, 1.54) is 0 Å². The monoisotopic (exact) mass is 171 g/mol. The molecule has 0 spiro atoms. The Morgan fingerprint density at radius 3 is 2.83 bits per heavy atom. The Kier molecular flexibility index (Phi) is 3.09. The third-order valence-electron chi connectivity index (χ3n) is 3.35. The van der Waals surface area contributed by atoms with E-state index in [2.05, 4.69) is 31.1 Å². The van der Waals surface area contributed by atoms with E-state index in [9.17, 15) is 0 Å². The van der Waals surface area contributed by atoms with Gasteiger partial charge in [0.1, 0.15) is 0 Å². The van der Waals surface area contributed by atoms with Crippen molar-refractivity contribution >= 4 is 0 Å². The summed E-state index contributed by atoms with van der Waals surface area (Å²) < 4.78 is 0. The number of likely N-dealkylation sites (N-methyl/N-ethyl adjacent to an activating group) is 1. The van der Waals surface area contributed by atoms with Gasteiger partial charge in [0, 0.05) is 24.7 Å². The summed E-state index contributed by atoms with van der Waals surface area (Å²) in [5, 5.41) is 3.49. The zero-order valence-electron chi connectivity index (χ0n) is 8.43. The molecule has 0 aromatic carbocycles. The first kappa shape index (κ1) is 9.96. The first-order chi connectivity index (χ1) is 5.61. The minimum absolute atomic E-state index is 0.243. The van der Waals surface area contributed by atoms with E-state index in [4.69, 9.17) is 5.73 Å². The van der Waals surface area contributed by atoms with Gasteiger partial charge in [-0.05, 0) is 33.9 Å². The predicted octanol–water partition coefficient (Wildman–Crippen LogP) is 0.0174. The number of nitrogens with zero attached hydrogens (tertiary/aromatic N) is 1. The summed E-state index contributed by atoms with van der Waals surface area (Å²) in [6.45, 7) is 7.52. The number of nitrogens with one attached hydrogen (secondary N) is 1. The topological polar surface area (TPSA) is 41.3 Å². The maximum absolute atomic E-state index is 5.61. The van der Waals surface area contributed by atoms with Gasteiger partial charge in [0.05, 0.1) is 0 Å². The molecule has 1 rings (SSSR count). The number of nitrogens with two attached hydrogens (primary N) is 1. The van der Waals surface area contributed by atoms with Crippen molar-refractivity contribution in [3.05, 3.63) is 0 Å². The van der Waals surface area contributed by atoms with Crippen LogP contribution in [0, 0.1) is 0 Å². The summed E-state index contributed by atoms with van der Waals surface area (Å²) in [6.07, 6.45) is 1.07. The van der Waals surface area contributed by atoms with Crippen LogP contribution in [0.25, 0.3) is 0 Å². The molecule has 1 saturated heterocycles. The third kappa shape index (κ3) is 1.63. The quantitative estimate of drug-likeness (QED) is 0.615. The Labute approximate surface area is 75.3 Å². The van der Waals surface area contributed by atoms with Crippen LogP contribution in [0.2, 0.25) is 0 Å². The van der Waals surface area contributed by atoms with Crippen molar-refractivity contribution in [2.75, 3.05) is 26.7 Å². The molecule has 3 heteroatoms. The molecule has 0 radical (unpaired) electrons. The van der Waals surface area contributed by atoms with E-state index < -0.39 is 0 Å². The van der Waals surface area contributed by atoms with Crippen LogP contribution in [0.4, 0.5) is 0 Å². The fourth-order valence-electron chi connectivity index (χ4n) is 1.95. The molecule has 1 aliphatic rings. The summed E-state index contributed by atoms with van der Waals surface area (Å²) >= 11 is 0. The molecule has 12 heavy (non-hydrogen) atoms. The molecule has 72 valence electrons. The van der Waals surface area contributed by atoms with Gasteiger partial charge in [0.25, 0.3) is 0 Å². The largest absolute Gasteiger partial charge is 0.330 e. The highest BCUT2D eigenvalue weighted by atomic mass is 15.2. The molecule has 1 heterocycles. The van der Waals surface area contributed by atoms with E-state index >= 15 is 0 Å². The lowest BCUT2D eigenvalue weighted by Crippen LogP contribution is -2.63. The molecule has 3 nitrogen and oxygen atoms in total. The van der Waals surface area contributed by atoms with Crippen molar-refractivity contribution in [1.82, 2.24) is 10.2 Å². The summed E-state index contributed by atoms with van der Waals surface area (Å²) in [7, 11) is 2.19. The lowest BCUT2D eigenvalue weighted by molar-refractivity contribution is 0.0596. The first-order valence-corrected chi connectivity index (χ1v) is 4.76. The van der Waals surface area contributed by atoms with Crippen LogP contribution in [0.3, 0.4) is 0 Å². The number of piperazine rings is 1. The third-order valence-corrected chi connectivity index (χ3v) is 3.35. The van der Waals surface area contributed by atoms with E-state index in [0.29, 0.717) is 6.04 Å². The van der Waals surface area contributed by atoms with Gasteiger partial charge in [-0.15, -0.1) is 0 Å². The van der Waals surface area contributed by atoms with Crippen molar-refractivity contribution < 1.29 is 0 Å². The maximum atomic E-state index is 5.61. The zero-order valence-corrected chi connectivity index (χ0v) is 8.43. The molecule has 0 saturated carbocycles. The molecule has 2 unspecified atom stereocenters. The van der Waals surface area contributed by atoms with E-state index in [-0.39, 0.29) is 5.54 Å². The Morgan fingerprint density at radius 1 is 1.67 bits per heavy atom. The summed E-state index contributed by atoms with van der Waals surface area (Å²) in [5.74, 6) is 0. The van der Waals surface area contributed by atoms with Gasteiger partial charge in [-0.3, -0.25) is 4.90 Å². The molecule has 3 N–H and O–H groups in total. The van der Waals surface area contributed by atoms with Crippen molar-refractivity contribution in [1.29, 1.82) is 0 Å². The fourth-order valence-corrected chi connectivity index (χ4v) is 1.95. The van der Waals surface area contributed by atoms with Crippen LogP contribution < -0.4 is 11.1 Å². The smallest absolute Gasteiger partial charge is 0.0341 e. The second-order valence-corrected chi connectivity index (χ2v) is 3.99. The Hall–Kier alpha value is -0.120. The van der Waals surface area contributed by atoms with Crippen molar-refractivity contribution in [3.63, 3.8) is 0 Å². The van der Waals surface area contributed by atoms with Crippen LogP contribution in [-0.4, -0.2) is 43.2 Å². The second kappa shape index (κ2) is 3.73. The second-order valence-electron chi connectivity index (χ2n) is 3.99. The minimum Gasteiger partial charge on any atom is -0.330 e. The molecular weight excluding hydrogens is 150 g/mol. The Bertz CT molecular complexity index is 137. The fraction of sp³-hybridized carbons (Fsp3) is 1.00. The minimum atomic E-state index is 0.243. The molecule has 1 aliphatic heterocycles. The molecule has 0 amide bonds. The Balaban J connectivity index is 2.66. The molecule has 0 aromatic rings.